The van der Waals surface area contributed by atoms with Crippen molar-refractivity contribution in [2.24, 2.45) is 0 Å². The lowest BCUT2D eigenvalue weighted by molar-refractivity contribution is 0.438. The Morgan fingerprint density at radius 1 is 0.288 bits per heavy atom. The molecule has 1 aliphatic heterocycles. The highest BCUT2D eigenvalue weighted by Gasteiger charge is 2.52. The minimum absolute atomic E-state index is 0.626. The van der Waals surface area contributed by atoms with E-state index in [4.69, 9.17) is 19.7 Å². The van der Waals surface area contributed by atoms with Crippen LogP contribution in [0.3, 0.4) is 0 Å². The molecule has 1 aliphatic carbocycles. The Bertz CT molecular complexity index is 3620. The summed E-state index contributed by atoms with van der Waals surface area (Å²) in [4.78, 5) is 15.0. The van der Waals surface area contributed by atoms with E-state index in [9.17, 15) is 0 Å². The summed E-state index contributed by atoms with van der Waals surface area (Å²) in [5, 5.41) is 2.37. The third kappa shape index (κ3) is 6.03. The maximum atomic E-state index is 6.99. The molecule has 13 rings (SSSR count). The van der Waals surface area contributed by atoms with Gasteiger partial charge in [0, 0.05) is 27.8 Å². The van der Waals surface area contributed by atoms with Gasteiger partial charge in [0.1, 0.15) is 11.5 Å². The second kappa shape index (κ2) is 15.2. The third-order valence-corrected chi connectivity index (χ3v) is 13.4. The van der Waals surface area contributed by atoms with Crippen LogP contribution in [0.4, 0.5) is 0 Å². The Hall–Kier alpha value is -8.73. The second-order valence-electron chi connectivity index (χ2n) is 17.1. The lowest BCUT2D eigenvalue weighted by Gasteiger charge is -2.40. The van der Waals surface area contributed by atoms with Gasteiger partial charge in [-0.15, -0.1) is 0 Å². The lowest BCUT2D eigenvalue weighted by Crippen LogP contribution is -2.32. The largest absolute Gasteiger partial charge is 0.457 e. The van der Waals surface area contributed by atoms with Crippen molar-refractivity contribution in [2.75, 3.05) is 0 Å². The summed E-state index contributed by atoms with van der Waals surface area (Å²) in [7, 11) is 0. The molecule has 4 heteroatoms. The minimum Gasteiger partial charge on any atom is -0.457 e. The zero-order chi connectivity index (χ0) is 43.6. The van der Waals surface area contributed by atoms with Gasteiger partial charge in [-0.25, -0.2) is 15.0 Å². The molecule has 0 amide bonds. The number of fused-ring (bicyclic) bond motifs is 11. The first kappa shape index (κ1) is 37.8. The van der Waals surface area contributed by atoms with E-state index in [1.54, 1.807) is 0 Å². The molecule has 2 aliphatic rings. The Morgan fingerprint density at radius 3 is 1.47 bits per heavy atom. The third-order valence-electron chi connectivity index (χ3n) is 13.4. The summed E-state index contributed by atoms with van der Waals surface area (Å²) < 4.78 is 6.99. The molecule has 2 heterocycles. The molecular formula is C62H39N3O. The number of hydrogen-bond acceptors (Lipinski definition) is 4. The first-order valence-electron chi connectivity index (χ1n) is 22.4. The Kier molecular flexibility index (Phi) is 8.72. The highest BCUT2D eigenvalue weighted by molar-refractivity contribution is 5.98. The second-order valence-corrected chi connectivity index (χ2v) is 17.1. The number of benzene rings is 10. The molecule has 1 atom stereocenters. The van der Waals surface area contributed by atoms with Crippen LogP contribution in [0.1, 0.15) is 22.3 Å². The van der Waals surface area contributed by atoms with Crippen molar-refractivity contribution in [3.8, 4) is 90.2 Å². The average Bonchev–Trinajstić information content (AvgIpc) is 3.68. The molecule has 0 saturated carbocycles. The summed E-state index contributed by atoms with van der Waals surface area (Å²) in [5.74, 6) is 3.65. The zero-order valence-electron chi connectivity index (χ0n) is 35.8. The monoisotopic (exact) mass is 841 g/mol. The van der Waals surface area contributed by atoms with Crippen molar-refractivity contribution < 1.29 is 4.74 Å². The van der Waals surface area contributed by atoms with Crippen LogP contribution in [0.25, 0.3) is 89.4 Å². The molecule has 0 fully saturated rings. The smallest absolute Gasteiger partial charge is 0.164 e. The fraction of sp³-hybridized carbons (Fsp3) is 0.0161. The molecular weight excluding hydrogens is 803 g/mol. The number of nitrogens with zero attached hydrogens (tertiary/aromatic N) is 3. The molecule has 0 bridgehead atoms. The molecule has 308 valence electrons. The predicted octanol–water partition coefficient (Wildman–Crippen LogP) is 15.5. The van der Waals surface area contributed by atoms with Crippen molar-refractivity contribution in [3.05, 3.63) is 259 Å². The molecule has 11 aromatic rings. The van der Waals surface area contributed by atoms with Gasteiger partial charge in [0.05, 0.1) is 5.41 Å². The zero-order valence-corrected chi connectivity index (χ0v) is 35.8. The number of rotatable bonds is 6. The van der Waals surface area contributed by atoms with Crippen LogP contribution in [0, 0.1) is 0 Å². The van der Waals surface area contributed by atoms with Gasteiger partial charge in [0.2, 0.25) is 0 Å². The fourth-order valence-electron chi connectivity index (χ4n) is 10.4. The maximum Gasteiger partial charge on any atom is 0.164 e. The normalized spacial score (nSPS) is 14.2. The topological polar surface area (TPSA) is 47.9 Å². The summed E-state index contributed by atoms with van der Waals surface area (Å²) in [6.45, 7) is 0. The van der Waals surface area contributed by atoms with Crippen LogP contribution in [-0.2, 0) is 5.41 Å². The molecule has 4 nitrogen and oxygen atoms in total. The fourth-order valence-corrected chi connectivity index (χ4v) is 10.4. The molecule has 66 heavy (non-hydrogen) atoms. The quantitative estimate of drug-likeness (QED) is 0.167. The lowest BCUT2D eigenvalue weighted by atomic mass is 9.64. The van der Waals surface area contributed by atoms with E-state index in [1.807, 2.05) is 60.7 Å². The Morgan fingerprint density at radius 2 is 0.773 bits per heavy atom. The van der Waals surface area contributed by atoms with Gasteiger partial charge in [0.25, 0.3) is 0 Å². The first-order chi connectivity index (χ1) is 32.7. The van der Waals surface area contributed by atoms with Crippen LogP contribution < -0.4 is 4.74 Å². The molecule has 1 unspecified atom stereocenters. The number of aromatic nitrogens is 3. The van der Waals surface area contributed by atoms with Crippen molar-refractivity contribution in [2.45, 2.75) is 5.41 Å². The van der Waals surface area contributed by atoms with E-state index in [2.05, 4.69) is 176 Å². The Labute approximate surface area is 383 Å². The average molecular weight is 842 g/mol. The van der Waals surface area contributed by atoms with Crippen LogP contribution in [0.15, 0.2) is 237 Å². The van der Waals surface area contributed by atoms with Crippen molar-refractivity contribution >= 4 is 10.8 Å². The van der Waals surface area contributed by atoms with Gasteiger partial charge in [0.15, 0.2) is 17.5 Å². The molecule has 1 spiro atoms. The van der Waals surface area contributed by atoms with E-state index in [0.29, 0.717) is 17.5 Å². The molecule has 0 saturated heterocycles. The van der Waals surface area contributed by atoms with Gasteiger partial charge >= 0.3 is 0 Å². The molecule has 0 radical (unpaired) electrons. The molecule has 1 aromatic heterocycles. The minimum atomic E-state index is -0.644. The number of hydrogen-bond donors (Lipinski definition) is 0. The van der Waals surface area contributed by atoms with Gasteiger partial charge in [-0.1, -0.05) is 200 Å². The Balaban J connectivity index is 0.962. The van der Waals surface area contributed by atoms with E-state index in [-0.39, 0.29) is 0 Å². The first-order valence-corrected chi connectivity index (χ1v) is 22.4. The molecule has 10 aromatic carbocycles. The van der Waals surface area contributed by atoms with E-state index < -0.39 is 5.41 Å². The number of ether oxygens (including phenoxy) is 1. The van der Waals surface area contributed by atoms with Gasteiger partial charge in [-0.05, 0) is 103 Å². The standard InChI is InChI=1S/C62H39N3O/c1-4-16-40(17-5-1)47-30-33-54-52(38-47)51-28-12-13-29-53(51)62(54)55-39-48(32-34-56(55)66-57-35-31-41-18-10-11-27-50(41)58(57)62)45-24-14-23-44(36-45)46-25-15-26-49(37-46)61-64-59(42-19-6-2-7-20-42)63-60(65-61)43-21-8-3-9-22-43/h1-39H. The van der Waals surface area contributed by atoms with Crippen molar-refractivity contribution in [3.63, 3.8) is 0 Å². The summed E-state index contributed by atoms with van der Waals surface area (Å²) in [5.41, 5.74) is 16.3. The SMILES string of the molecule is c1ccc(-c2ccc3c(c2)-c2ccccc2C32c3cc(-c4cccc(-c5cccc(-c6nc(-c7ccccc7)nc(-c7ccccc7)n6)c5)c4)ccc3Oc3ccc4ccccc4c32)cc1. The van der Waals surface area contributed by atoms with Gasteiger partial charge in [-0.3, -0.25) is 0 Å². The molecule has 0 N–H and O–H groups in total. The van der Waals surface area contributed by atoms with E-state index in [1.165, 1.54) is 49.7 Å². The van der Waals surface area contributed by atoms with Gasteiger partial charge < -0.3 is 4.74 Å². The van der Waals surface area contributed by atoms with Crippen LogP contribution in [0.5, 0.6) is 11.5 Å². The maximum absolute atomic E-state index is 6.99. The summed E-state index contributed by atoms with van der Waals surface area (Å²) in [6, 6.07) is 84.1. The van der Waals surface area contributed by atoms with E-state index in [0.717, 1.165) is 56.0 Å². The summed E-state index contributed by atoms with van der Waals surface area (Å²) >= 11 is 0. The predicted molar refractivity (Wildman–Crippen MR) is 267 cm³/mol. The van der Waals surface area contributed by atoms with Crippen LogP contribution in [-0.4, -0.2) is 15.0 Å². The van der Waals surface area contributed by atoms with E-state index >= 15 is 0 Å². The van der Waals surface area contributed by atoms with Crippen LogP contribution >= 0.6 is 0 Å². The van der Waals surface area contributed by atoms with Crippen molar-refractivity contribution in [1.29, 1.82) is 0 Å². The van der Waals surface area contributed by atoms with Gasteiger partial charge in [-0.2, -0.15) is 0 Å². The summed E-state index contributed by atoms with van der Waals surface area (Å²) in [6.07, 6.45) is 0. The van der Waals surface area contributed by atoms with Crippen molar-refractivity contribution in [1.82, 2.24) is 15.0 Å². The van der Waals surface area contributed by atoms with Crippen LogP contribution in [0.2, 0.25) is 0 Å². The highest BCUT2D eigenvalue weighted by Crippen LogP contribution is 2.64. The highest BCUT2D eigenvalue weighted by atomic mass is 16.5.